The topological polar surface area (TPSA) is 49.4 Å². The van der Waals surface area contributed by atoms with Gasteiger partial charge in [0.25, 0.3) is 0 Å². The molecule has 1 N–H and O–H groups in total. The predicted octanol–water partition coefficient (Wildman–Crippen LogP) is 1.69. The maximum atomic E-state index is 12.1. The quantitative estimate of drug-likeness (QED) is 0.923. The molecule has 0 aliphatic carbocycles. The normalized spacial score (nSPS) is 18.6. The molecule has 1 unspecified atom stereocenters. The van der Waals surface area contributed by atoms with Crippen molar-refractivity contribution in [3.63, 3.8) is 0 Å². The van der Waals surface area contributed by atoms with Gasteiger partial charge in [0, 0.05) is 24.5 Å². The van der Waals surface area contributed by atoms with Crippen LogP contribution in [0, 0.1) is 0 Å². The fourth-order valence-corrected chi connectivity index (χ4v) is 2.27. The zero-order valence-corrected chi connectivity index (χ0v) is 11.7. The van der Waals surface area contributed by atoms with E-state index in [0.717, 1.165) is 10.0 Å². The number of nitrogens with one attached hydrogen (secondary N) is 1. The zero-order valence-electron chi connectivity index (χ0n) is 10.1. The molecule has 0 radical (unpaired) electrons. The molecule has 1 atom stereocenters. The molecule has 1 aromatic carbocycles. The second kappa shape index (κ2) is 5.52. The van der Waals surface area contributed by atoms with Gasteiger partial charge < -0.3 is 10.2 Å². The van der Waals surface area contributed by atoms with Crippen LogP contribution in [0.15, 0.2) is 28.7 Å². The second-order valence-corrected chi connectivity index (χ2v) is 5.40. The van der Waals surface area contributed by atoms with Gasteiger partial charge in [-0.3, -0.25) is 9.59 Å². The fraction of sp³-hybridized carbons (Fsp3) is 0.385. The lowest BCUT2D eigenvalue weighted by atomic mass is 10.1. The van der Waals surface area contributed by atoms with Gasteiger partial charge in [-0.15, -0.1) is 0 Å². The number of rotatable bonds is 3. The summed E-state index contributed by atoms with van der Waals surface area (Å²) >= 11 is 3.37. The summed E-state index contributed by atoms with van der Waals surface area (Å²) in [6, 6.07) is 7.50. The SMILES string of the molecule is CN(Cc1ccc(Br)cc1)C(=O)C1CCC(=O)N1. The van der Waals surface area contributed by atoms with E-state index in [-0.39, 0.29) is 17.9 Å². The molecule has 0 spiro atoms. The van der Waals surface area contributed by atoms with Crippen LogP contribution < -0.4 is 5.32 Å². The van der Waals surface area contributed by atoms with E-state index in [0.29, 0.717) is 19.4 Å². The molecule has 2 rings (SSSR count). The van der Waals surface area contributed by atoms with Crippen LogP contribution in [0.2, 0.25) is 0 Å². The molecule has 0 bridgehead atoms. The summed E-state index contributed by atoms with van der Waals surface area (Å²) in [5, 5.41) is 2.69. The standard InChI is InChI=1S/C13H15BrN2O2/c1-16(8-9-2-4-10(14)5-3-9)13(18)11-6-7-12(17)15-11/h2-5,11H,6-8H2,1H3,(H,15,17). The highest BCUT2D eigenvalue weighted by Crippen LogP contribution is 2.14. The van der Waals surface area contributed by atoms with Crippen molar-refractivity contribution < 1.29 is 9.59 Å². The van der Waals surface area contributed by atoms with E-state index in [4.69, 9.17) is 0 Å². The van der Waals surface area contributed by atoms with Crippen LogP contribution in [0.5, 0.6) is 0 Å². The zero-order chi connectivity index (χ0) is 13.1. The van der Waals surface area contributed by atoms with Gasteiger partial charge in [0.05, 0.1) is 0 Å². The molecular formula is C13H15BrN2O2. The number of amides is 2. The van der Waals surface area contributed by atoms with Crippen molar-refractivity contribution in [2.75, 3.05) is 7.05 Å². The van der Waals surface area contributed by atoms with Gasteiger partial charge in [-0.2, -0.15) is 0 Å². The Labute approximate surface area is 114 Å². The first-order valence-electron chi connectivity index (χ1n) is 5.85. The number of hydrogen-bond acceptors (Lipinski definition) is 2. The fourth-order valence-electron chi connectivity index (χ4n) is 2.01. The smallest absolute Gasteiger partial charge is 0.245 e. The molecule has 1 aromatic rings. The molecular weight excluding hydrogens is 296 g/mol. The third kappa shape index (κ3) is 3.10. The van der Waals surface area contributed by atoms with Crippen molar-refractivity contribution in [1.29, 1.82) is 0 Å². The molecule has 96 valence electrons. The molecule has 1 aliphatic rings. The van der Waals surface area contributed by atoms with Crippen LogP contribution in [0.25, 0.3) is 0 Å². The Bertz CT molecular complexity index is 459. The highest BCUT2D eigenvalue weighted by atomic mass is 79.9. The molecule has 4 nitrogen and oxygen atoms in total. The van der Waals surface area contributed by atoms with Gasteiger partial charge in [-0.05, 0) is 24.1 Å². The molecule has 18 heavy (non-hydrogen) atoms. The summed E-state index contributed by atoms with van der Waals surface area (Å²) in [4.78, 5) is 24.8. The highest BCUT2D eigenvalue weighted by Gasteiger charge is 2.29. The number of nitrogens with zero attached hydrogens (tertiary/aromatic N) is 1. The Morgan fingerprint density at radius 3 is 2.67 bits per heavy atom. The molecule has 0 aromatic heterocycles. The van der Waals surface area contributed by atoms with Crippen molar-refractivity contribution in [2.45, 2.75) is 25.4 Å². The van der Waals surface area contributed by atoms with Crippen LogP contribution in [0.1, 0.15) is 18.4 Å². The van der Waals surface area contributed by atoms with Crippen molar-refractivity contribution in [1.82, 2.24) is 10.2 Å². The minimum atomic E-state index is -0.349. The molecule has 1 aliphatic heterocycles. The maximum absolute atomic E-state index is 12.1. The molecule has 1 fully saturated rings. The van der Waals surface area contributed by atoms with E-state index in [1.165, 1.54) is 0 Å². The van der Waals surface area contributed by atoms with E-state index in [1.807, 2.05) is 24.3 Å². The Kier molecular flexibility index (Phi) is 4.01. The number of halogens is 1. The Balaban J connectivity index is 1.95. The first kappa shape index (κ1) is 13.1. The number of hydrogen-bond donors (Lipinski definition) is 1. The van der Waals surface area contributed by atoms with Gasteiger partial charge in [0.2, 0.25) is 11.8 Å². The molecule has 1 heterocycles. The van der Waals surface area contributed by atoms with Crippen molar-refractivity contribution >= 4 is 27.7 Å². The molecule has 2 amide bonds. The van der Waals surface area contributed by atoms with Crippen LogP contribution in [0.3, 0.4) is 0 Å². The van der Waals surface area contributed by atoms with Crippen LogP contribution in [-0.2, 0) is 16.1 Å². The lowest BCUT2D eigenvalue weighted by Crippen LogP contribution is -2.42. The summed E-state index contributed by atoms with van der Waals surface area (Å²) in [6.45, 7) is 0.554. The maximum Gasteiger partial charge on any atom is 0.245 e. The Morgan fingerprint density at radius 1 is 1.44 bits per heavy atom. The molecule has 5 heteroatoms. The van der Waals surface area contributed by atoms with Gasteiger partial charge in [0.15, 0.2) is 0 Å². The second-order valence-electron chi connectivity index (χ2n) is 4.48. The Hall–Kier alpha value is -1.36. The third-order valence-electron chi connectivity index (χ3n) is 3.00. The highest BCUT2D eigenvalue weighted by molar-refractivity contribution is 9.10. The first-order valence-corrected chi connectivity index (χ1v) is 6.64. The minimum absolute atomic E-state index is 0.0243. The third-order valence-corrected chi connectivity index (χ3v) is 3.53. The number of benzene rings is 1. The first-order chi connectivity index (χ1) is 8.56. The number of carbonyl (C=O) groups excluding carboxylic acids is 2. The average Bonchev–Trinajstić information content (AvgIpc) is 2.78. The molecule has 1 saturated heterocycles. The minimum Gasteiger partial charge on any atom is -0.344 e. The van der Waals surface area contributed by atoms with E-state index in [9.17, 15) is 9.59 Å². The van der Waals surface area contributed by atoms with E-state index in [2.05, 4.69) is 21.2 Å². The molecule has 0 saturated carbocycles. The lowest BCUT2D eigenvalue weighted by molar-refractivity contribution is -0.133. The number of likely N-dealkylation sites (N-methyl/N-ethyl adjacent to an activating group) is 1. The Morgan fingerprint density at radius 2 is 2.11 bits per heavy atom. The summed E-state index contributed by atoms with van der Waals surface area (Å²) < 4.78 is 1.02. The summed E-state index contributed by atoms with van der Waals surface area (Å²) in [7, 11) is 1.76. The van der Waals surface area contributed by atoms with E-state index < -0.39 is 0 Å². The largest absolute Gasteiger partial charge is 0.344 e. The van der Waals surface area contributed by atoms with Gasteiger partial charge >= 0.3 is 0 Å². The number of carbonyl (C=O) groups is 2. The van der Waals surface area contributed by atoms with Gasteiger partial charge in [-0.25, -0.2) is 0 Å². The van der Waals surface area contributed by atoms with Crippen molar-refractivity contribution in [3.8, 4) is 0 Å². The summed E-state index contributed by atoms with van der Waals surface area (Å²) in [6.07, 6.45) is 1.05. The lowest BCUT2D eigenvalue weighted by Gasteiger charge is -2.21. The van der Waals surface area contributed by atoms with Gasteiger partial charge in [-0.1, -0.05) is 28.1 Å². The van der Waals surface area contributed by atoms with Gasteiger partial charge in [0.1, 0.15) is 6.04 Å². The monoisotopic (exact) mass is 310 g/mol. The van der Waals surface area contributed by atoms with Crippen LogP contribution in [0.4, 0.5) is 0 Å². The average molecular weight is 311 g/mol. The predicted molar refractivity (Wildman–Crippen MR) is 71.8 cm³/mol. The van der Waals surface area contributed by atoms with Crippen molar-refractivity contribution in [2.24, 2.45) is 0 Å². The van der Waals surface area contributed by atoms with Crippen LogP contribution >= 0.6 is 15.9 Å². The van der Waals surface area contributed by atoms with Crippen molar-refractivity contribution in [3.05, 3.63) is 34.3 Å². The summed E-state index contributed by atoms with van der Waals surface area (Å²) in [5.41, 5.74) is 1.07. The summed E-state index contributed by atoms with van der Waals surface area (Å²) in [5.74, 6) is -0.0610. The van der Waals surface area contributed by atoms with E-state index >= 15 is 0 Å². The van der Waals surface area contributed by atoms with Crippen LogP contribution in [-0.4, -0.2) is 29.8 Å². The van der Waals surface area contributed by atoms with E-state index in [1.54, 1.807) is 11.9 Å².